The van der Waals surface area contributed by atoms with Crippen LogP contribution in [0.25, 0.3) is 0 Å². The van der Waals surface area contributed by atoms with Gasteiger partial charge < -0.3 is 0 Å². The molecule has 13 heavy (non-hydrogen) atoms. The lowest BCUT2D eigenvalue weighted by molar-refractivity contribution is -0.115. The molecule has 2 rings (SSSR count). The summed E-state index contributed by atoms with van der Waals surface area (Å²) in [7, 11) is 0. The Morgan fingerprint density at radius 1 is 1.38 bits per heavy atom. The highest BCUT2D eigenvalue weighted by Gasteiger charge is 2.31. The largest absolute Gasteiger partial charge is 0.295 e. The number of carbonyl (C=O) groups excluding carboxylic acids is 1. The van der Waals surface area contributed by atoms with Gasteiger partial charge in [0.25, 0.3) is 0 Å². The summed E-state index contributed by atoms with van der Waals surface area (Å²) in [5, 5.41) is 0. The minimum Gasteiger partial charge on any atom is -0.295 e. The summed E-state index contributed by atoms with van der Waals surface area (Å²) in [5.41, 5.74) is 2.87. The van der Waals surface area contributed by atoms with Crippen molar-refractivity contribution in [3.63, 3.8) is 0 Å². The average Bonchev–Trinajstić information content (AvgIpc) is 2.37. The maximum atomic E-state index is 11.4. The molecule has 1 fully saturated rings. The fraction of sp³-hybridized carbons (Fsp3) is 0.583. The van der Waals surface area contributed by atoms with Crippen LogP contribution in [0.15, 0.2) is 23.3 Å². The molecule has 0 unspecified atom stereocenters. The molecule has 70 valence electrons. The first-order chi connectivity index (χ1) is 6.18. The summed E-state index contributed by atoms with van der Waals surface area (Å²) < 4.78 is 0. The number of rotatable bonds is 0. The minimum absolute atomic E-state index is 0.299. The van der Waals surface area contributed by atoms with E-state index in [1.807, 2.05) is 6.08 Å². The Balaban J connectivity index is 2.36. The molecule has 1 heteroatoms. The molecule has 2 aliphatic carbocycles. The fourth-order valence-corrected chi connectivity index (χ4v) is 2.54. The predicted molar refractivity (Wildman–Crippen MR) is 53.4 cm³/mol. The van der Waals surface area contributed by atoms with Gasteiger partial charge in [-0.2, -0.15) is 0 Å². The molecule has 0 saturated heterocycles. The van der Waals surface area contributed by atoms with E-state index in [0.717, 1.165) is 6.42 Å². The molecule has 0 aliphatic heterocycles. The summed E-state index contributed by atoms with van der Waals surface area (Å²) in [6.07, 6.45) is 6.95. The van der Waals surface area contributed by atoms with Gasteiger partial charge in [0, 0.05) is 6.42 Å². The Labute approximate surface area is 79.5 Å². The Hall–Kier alpha value is -0.850. The molecule has 0 aromatic rings. The molecule has 0 aromatic heterocycles. The number of carbonyl (C=O) groups is 1. The van der Waals surface area contributed by atoms with E-state index in [9.17, 15) is 4.79 Å². The van der Waals surface area contributed by atoms with Crippen molar-refractivity contribution in [1.29, 1.82) is 0 Å². The second kappa shape index (κ2) is 3.13. The molecule has 1 nitrogen and oxygen atoms in total. The van der Waals surface area contributed by atoms with Gasteiger partial charge in [-0.15, -0.1) is 0 Å². The van der Waals surface area contributed by atoms with Crippen LogP contribution in [0.5, 0.6) is 0 Å². The second-order valence-corrected chi connectivity index (χ2v) is 4.33. The predicted octanol–water partition coefficient (Wildman–Crippen LogP) is 2.88. The molecule has 0 aromatic carbocycles. The first kappa shape index (κ1) is 8.74. The summed E-state index contributed by atoms with van der Waals surface area (Å²) in [5.74, 6) is 1.55. The zero-order valence-electron chi connectivity index (χ0n) is 8.34. The highest BCUT2D eigenvalue weighted by atomic mass is 16.1. The van der Waals surface area contributed by atoms with Crippen LogP contribution >= 0.6 is 0 Å². The van der Waals surface area contributed by atoms with E-state index in [-0.39, 0.29) is 0 Å². The van der Waals surface area contributed by atoms with Crippen molar-refractivity contribution in [2.45, 2.75) is 33.1 Å². The van der Waals surface area contributed by atoms with Crippen molar-refractivity contribution >= 4 is 5.78 Å². The van der Waals surface area contributed by atoms with Gasteiger partial charge >= 0.3 is 0 Å². The van der Waals surface area contributed by atoms with Crippen LogP contribution in [0.3, 0.4) is 0 Å². The van der Waals surface area contributed by atoms with Crippen molar-refractivity contribution in [3.05, 3.63) is 23.3 Å². The van der Waals surface area contributed by atoms with Gasteiger partial charge in [-0.05, 0) is 37.7 Å². The van der Waals surface area contributed by atoms with Crippen molar-refractivity contribution < 1.29 is 4.79 Å². The molecule has 0 bridgehead atoms. The van der Waals surface area contributed by atoms with Crippen molar-refractivity contribution in [2.75, 3.05) is 0 Å². The van der Waals surface area contributed by atoms with Crippen LogP contribution in [0, 0.1) is 11.8 Å². The van der Waals surface area contributed by atoms with E-state index in [1.165, 1.54) is 24.0 Å². The Bertz CT molecular complexity index is 296. The number of hydrogen-bond donors (Lipinski definition) is 0. The zero-order chi connectivity index (χ0) is 9.42. The van der Waals surface area contributed by atoms with Gasteiger partial charge in [-0.3, -0.25) is 4.79 Å². The van der Waals surface area contributed by atoms with Crippen LogP contribution in [0.2, 0.25) is 0 Å². The Morgan fingerprint density at radius 3 is 2.92 bits per heavy atom. The van der Waals surface area contributed by atoms with Crippen LogP contribution < -0.4 is 0 Å². The second-order valence-electron chi connectivity index (χ2n) is 4.33. The van der Waals surface area contributed by atoms with Crippen LogP contribution in [-0.2, 0) is 4.79 Å². The average molecular weight is 176 g/mol. The van der Waals surface area contributed by atoms with Crippen molar-refractivity contribution in [1.82, 2.24) is 0 Å². The monoisotopic (exact) mass is 176 g/mol. The summed E-state index contributed by atoms with van der Waals surface area (Å²) in [4.78, 5) is 11.4. The summed E-state index contributed by atoms with van der Waals surface area (Å²) in [6.45, 7) is 4.40. The van der Waals surface area contributed by atoms with Crippen molar-refractivity contribution in [3.8, 4) is 0 Å². The maximum absolute atomic E-state index is 11.4. The highest BCUT2D eigenvalue weighted by molar-refractivity contribution is 5.91. The van der Waals surface area contributed by atoms with Gasteiger partial charge in [-0.25, -0.2) is 0 Å². The van der Waals surface area contributed by atoms with Crippen LogP contribution in [0.4, 0.5) is 0 Å². The molecule has 1 saturated carbocycles. The van der Waals surface area contributed by atoms with Gasteiger partial charge in [0.05, 0.1) is 0 Å². The van der Waals surface area contributed by atoms with E-state index in [0.29, 0.717) is 17.6 Å². The number of fused-ring (bicyclic) bond motifs is 1. The molecule has 0 spiro atoms. The third-order valence-corrected chi connectivity index (χ3v) is 3.45. The normalized spacial score (nSPS) is 33.5. The zero-order valence-corrected chi connectivity index (χ0v) is 8.34. The van der Waals surface area contributed by atoms with E-state index >= 15 is 0 Å². The first-order valence-corrected chi connectivity index (χ1v) is 5.09. The summed E-state index contributed by atoms with van der Waals surface area (Å²) in [6, 6.07) is 0. The molecule has 0 N–H and O–H groups in total. The smallest absolute Gasteiger partial charge is 0.156 e. The maximum Gasteiger partial charge on any atom is 0.156 e. The Kier molecular flexibility index (Phi) is 2.10. The quantitative estimate of drug-likeness (QED) is 0.554. The number of ketones is 1. The molecule has 0 radical (unpaired) electrons. The lowest BCUT2D eigenvalue weighted by atomic mass is 9.89. The number of allylic oxidation sites excluding steroid dienone is 4. The van der Waals surface area contributed by atoms with Gasteiger partial charge in [0.15, 0.2) is 5.78 Å². The highest BCUT2D eigenvalue weighted by Crippen LogP contribution is 2.41. The molecule has 0 amide bonds. The Morgan fingerprint density at radius 2 is 2.15 bits per heavy atom. The SMILES string of the molecule is CC1=C2CC[C@H](C)[C@H]2CC(=O)C=C1. The van der Waals surface area contributed by atoms with E-state index in [4.69, 9.17) is 0 Å². The molecule has 0 heterocycles. The van der Waals surface area contributed by atoms with Gasteiger partial charge in [0.2, 0.25) is 0 Å². The molecule has 2 atom stereocenters. The fourth-order valence-electron chi connectivity index (χ4n) is 2.54. The van der Waals surface area contributed by atoms with E-state index < -0.39 is 0 Å². The third-order valence-electron chi connectivity index (χ3n) is 3.45. The molecular formula is C12H16O. The minimum atomic E-state index is 0.299. The molecular weight excluding hydrogens is 160 g/mol. The van der Waals surface area contributed by atoms with E-state index in [1.54, 1.807) is 6.08 Å². The van der Waals surface area contributed by atoms with Gasteiger partial charge in [-0.1, -0.05) is 24.1 Å². The van der Waals surface area contributed by atoms with Crippen LogP contribution in [-0.4, -0.2) is 5.78 Å². The van der Waals surface area contributed by atoms with Gasteiger partial charge in [0.1, 0.15) is 0 Å². The third kappa shape index (κ3) is 1.48. The first-order valence-electron chi connectivity index (χ1n) is 5.09. The lowest BCUT2D eigenvalue weighted by Gasteiger charge is -2.14. The number of hydrogen-bond acceptors (Lipinski definition) is 1. The lowest BCUT2D eigenvalue weighted by Crippen LogP contribution is -2.10. The van der Waals surface area contributed by atoms with E-state index in [2.05, 4.69) is 13.8 Å². The summed E-state index contributed by atoms with van der Waals surface area (Å²) >= 11 is 0. The van der Waals surface area contributed by atoms with Crippen LogP contribution in [0.1, 0.15) is 33.1 Å². The van der Waals surface area contributed by atoms with Crippen molar-refractivity contribution in [2.24, 2.45) is 11.8 Å². The molecule has 2 aliphatic rings. The topological polar surface area (TPSA) is 17.1 Å². The standard InChI is InChI=1S/C12H16O/c1-8-3-5-10(13)7-12-9(2)4-6-11(8)12/h3,5,9,12H,4,6-7H2,1-2H3/t9-,12+/m0/s1.